The molecule has 0 bridgehead atoms. The normalized spacial score (nSPS) is 17.4. The summed E-state index contributed by atoms with van der Waals surface area (Å²) in [6.07, 6.45) is 6.52. The van der Waals surface area contributed by atoms with Gasteiger partial charge in [0.15, 0.2) is 0 Å². The van der Waals surface area contributed by atoms with Crippen molar-refractivity contribution in [2.45, 2.75) is 19.4 Å². The molecule has 1 saturated heterocycles. The highest BCUT2D eigenvalue weighted by Crippen LogP contribution is 2.27. The number of hydrogen-bond donors (Lipinski definition) is 0. The van der Waals surface area contributed by atoms with Crippen LogP contribution in [-0.4, -0.2) is 22.8 Å². The Morgan fingerprint density at radius 1 is 1.44 bits per heavy atom. The predicted molar refractivity (Wildman–Crippen MR) is 83.7 cm³/mol. The molecule has 0 atom stereocenters. The largest absolute Gasteiger partial charge is 0.381 e. The molecule has 2 aromatic heterocycles. The summed E-state index contributed by atoms with van der Waals surface area (Å²) in [7, 11) is 0. The molecule has 1 fully saturated rings. The van der Waals surface area contributed by atoms with Crippen molar-refractivity contribution in [1.82, 2.24) is 9.55 Å². The first-order valence-electron chi connectivity index (χ1n) is 6.11. The molecule has 0 amide bonds. The molecular formula is C13H14BrIN2O. The Kier molecular flexibility index (Phi) is 3.91. The lowest BCUT2D eigenvalue weighted by Gasteiger charge is -2.22. The third-order valence-electron chi connectivity index (χ3n) is 3.48. The highest BCUT2D eigenvalue weighted by Gasteiger charge is 2.16. The van der Waals surface area contributed by atoms with Crippen LogP contribution in [0.5, 0.6) is 0 Å². The Hall–Kier alpha value is -0.140. The Morgan fingerprint density at radius 3 is 3.00 bits per heavy atom. The minimum Gasteiger partial charge on any atom is -0.381 e. The SMILES string of the molecule is Brc1cc2c(I)cn(CC3CCOCC3)c2cn1. The van der Waals surface area contributed by atoms with E-state index in [1.807, 2.05) is 6.20 Å². The topological polar surface area (TPSA) is 27.1 Å². The number of halogens is 2. The second kappa shape index (κ2) is 5.46. The Bertz CT molecular complexity index is 563. The molecule has 96 valence electrons. The Morgan fingerprint density at radius 2 is 2.22 bits per heavy atom. The first kappa shape index (κ1) is 12.9. The first-order chi connectivity index (χ1) is 8.74. The van der Waals surface area contributed by atoms with E-state index in [-0.39, 0.29) is 0 Å². The van der Waals surface area contributed by atoms with Crippen LogP contribution in [0.3, 0.4) is 0 Å². The second-order valence-corrected chi connectivity index (χ2v) is 6.68. The maximum absolute atomic E-state index is 5.42. The van der Waals surface area contributed by atoms with E-state index in [2.05, 4.69) is 60.3 Å². The number of nitrogens with zero attached hydrogens (tertiary/aromatic N) is 2. The Labute approximate surface area is 128 Å². The summed E-state index contributed by atoms with van der Waals surface area (Å²) in [5.41, 5.74) is 1.23. The fourth-order valence-electron chi connectivity index (χ4n) is 2.48. The lowest BCUT2D eigenvalue weighted by Crippen LogP contribution is -2.20. The molecule has 3 rings (SSSR count). The van der Waals surface area contributed by atoms with Gasteiger partial charge in [-0.25, -0.2) is 4.98 Å². The molecule has 0 N–H and O–H groups in total. The van der Waals surface area contributed by atoms with Gasteiger partial charge in [0.1, 0.15) is 4.60 Å². The number of fused-ring (bicyclic) bond motifs is 1. The number of pyridine rings is 1. The third kappa shape index (κ3) is 2.58. The van der Waals surface area contributed by atoms with Crippen LogP contribution in [0.1, 0.15) is 12.8 Å². The van der Waals surface area contributed by atoms with E-state index < -0.39 is 0 Å². The first-order valence-corrected chi connectivity index (χ1v) is 7.99. The minimum atomic E-state index is 0.730. The average Bonchev–Trinajstić information content (AvgIpc) is 2.67. The summed E-state index contributed by atoms with van der Waals surface area (Å²) in [4.78, 5) is 4.34. The van der Waals surface area contributed by atoms with Gasteiger partial charge < -0.3 is 9.30 Å². The van der Waals surface area contributed by atoms with E-state index in [1.165, 1.54) is 27.3 Å². The van der Waals surface area contributed by atoms with Gasteiger partial charge in [-0.1, -0.05) is 0 Å². The molecule has 0 radical (unpaired) electrons. The molecule has 0 aromatic carbocycles. The van der Waals surface area contributed by atoms with Crippen molar-refractivity contribution in [3.05, 3.63) is 26.6 Å². The van der Waals surface area contributed by atoms with E-state index in [1.54, 1.807) is 0 Å². The highest BCUT2D eigenvalue weighted by molar-refractivity contribution is 14.1. The van der Waals surface area contributed by atoms with Crippen molar-refractivity contribution < 1.29 is 4.74 Å². The van der Waals surface area contributed by atoms with Gasteiger partial charge in [-0.2, -0.15) is 0 Å². The molecule has 0 spiro atoms. The maximum Gasteiger partial charge on any atom is 0.106 e. The van der Waals surface area contributed by atoms with E-state index in [0.717, 1.165) is 30.3 Å². The molecule has 2 aromatic rings. The van der Waals surface area contributed by atoms with Crippen molar-refractivity contribution in [3.63, 3.8) is 0 Å². The molecular weight excluding hydrogens is 407 g/mol. The number of hydrogen-bond acceptors (Lipinski definition) is 2. The molecule has 18 heavy (non-hydrogen) atoms. The van der Waals surface area contributed by atoms with Crippen molar-refractivity contribution in [2.75, 3.05) is 13.2 Å². The molecule has 1 aliphatic heterocycles. The lowest BCUT2D eigenvalue weighted by molar-refractivity contribution is 0.0616. The third-order valence-corrected chi connectivity index (χ3v) is 4.77. The van der Waals surface area contributed by atoms with Gasteiger partial charge in [0.25, 0.3) is 0 Å². The molecule has 3 nitrogen and oxygen atoms in total. The zero-order chi connectivity index (χ0) is 12.5. The molecule has 0 saturated carbocycles. The van der Waals surface area contributed by atoms with Crippen molar-refractivity contribution in [2.24, 2.45) is 5.92 Å². The maximum atomic E-state index is 5.42. The zero-order valence-corrected chi connectivity index (χ0v) is 13.6. The number of ether oxygens (including phenoxy) is 1. The fourth-order valence-corrected chi connectivity index (χ4v) is 3.58. The summed E-state index contributed by atoms with van der Waals surface area (Å²) < 4.78 is 9.95. The van der Waals surface area contributed by atoms with Gasteiger partial charge in [-0.15, -0.1) is 0 Å². The lowest BCUT2D eigenvalue weighted by atomic mass is 10.0. The van der Waals surface area contributed by atoms with Gasteiger partial charge >= 0.3 is 0 Å². The predicted octanol–water partition coefficient (Wildman–Crippen LogP) is 3.83. The monoisotopic (exact) mass is 420 g/mol. The van der Waals surface area contributed by atoms with Crippen LogP contribution >= 0.6 is 38.5 Å². The van der Waals surface area contributed by atoms with E-state index in [9.17, 15) is 0 Å². The fraction of sp³-hybridized carbons (Fsp3) is 0.462. The standard InChI is InChI=1S/C13H14BrIN2O/c14-13-5-10-11(15)8-17(12(10)6-16-13)7-9-1-3-18-4-2-9/h5-6,8-9H,1-4,7H2. The van der Waals surface area contributed by atoms with Gasteiger partial charge in [-0.3, -0.25) is 0 Å². The summed E-state index contributed by atoms with van der Waals surface area (Å²) in [5, 5.41) is 1.28. The van der Waals surface area contributed by atoms with Gasteiger partial charge in [0.05, 0.1) is 11.7 Å². The number of rotatable bonds is 2. The van der Waals surface area contributed by atoms with Crippen LogP contribution in [0.15, 0.2) is 23.1 Å². The summed E-state index contributed by atoms with van der Waals surface area (Å²) in [5.74, 6) is 0.730. The molecule has 1 aliphatic rings. The van der Waals surface area contributed by atoms with Crippen LogP contribution in [0.25, 0.3) is 10.9 Å². The van der Waals surface area contributed by atoms with Crippen molar-refractivity contribution >= 4 is 49.4 Å². The number of aromatic nitrogens is 2. The van der Waals surface area contributed by atoms with Crippen LogP contribution in [0, 0.1) is 9.49 Å². The van der Waals surface area contributed by atoms with Crippen molar-refractivity contribution in [3.8, 4) is 0 Å². The summed E-state index contributed by atoms with van der Waals surface area (Å²) in [6.45, 7) is 2.89. The smallest absolute Gasteiger partial charge is 0.106 e. The average molecular weight is 421 g/mol. The van der Waals surface area contributed by atoms with E-state index in [4.69, 9.17) is 4.74 Å². The molecule has 5 heteroatoms. The molecule has 0 unspecified atom stereocenters. The quantitative estimate of drug-likeness (QED) is 0.545. The van der Waals surface area contributed by atoms with Crippen molar-refractivity contribution in [1.29, 1.82) is 0 Å². The Balaban J connectivity index is 1.91. The summed E-state index contributed by atoms with van der Waals surface area (Å²) in [6, 6.07) is 2.09. The van der Waals surface area contributed by atoms with Crippen LogP contribution in [-0.2, 0) is 11.3 Å². The van der Waals surface area contributed by atoms with Crippen LogP contribution < -0.4 is 0 Å². The van der Waals surface area contributed by atoms with Crippen LogP contribution in [0.2, 0.25) is 0 Å². The minimum absolute atomic E-state index is 0.730. The molecule has 0 aliphatic carbocycles. The van der Waals surface area contributed by atoms with E-state index >= 15 is 0 Å². The van der Waals surface area contributed by atoms with Crippen LogP contribution in [0.4, 0.5) is 0 Å². The second-order valence-electron chi connectivity index (χ2n) is 4.71. The van der Waals surface area contributed by atoms with Gasteiger partial charge in [0.2, 0.25) is 0 Å². The zero-order valence-electron chi connectivity index (χ0n) is 9.90. The van der Waals surface area contributed by atoms with Gasteiger partial charge in [-0.05, 0) is 63.3 Å². The summed E-state index contributed by atoms with van der Waals surface area (Å²) >= 11 is 5.83. The highest BCUT2D eigenvalue weighted by atomic mass is 127. The molecule has 3 heterocycles. The van der Waals surface area contributed by atoms with E-state index in [0.29, 0.717) is 0 Å². The van der Waals surface area contributed by atoms with Gasteiger partial charge in [0, 0.05) is 34.9 Å².